The minimum Gasteiger partial charge on any atom is -0.477 e. The maximum atomic E-state index is 10.8. The lowest BCUT2D eigenvalue weighted by atomic mass is 9.95. The molecule has 1 aromatic heterocycles. The summed E-state index contributed by atoms with van der Waals surface area (Å²) in [7, 11) is 0. The number of carboxylic acid groups (broad SMARTS) is 1. The molecule has 0 amide bonds. The summed E-state index contributed by atoms with van der Waals surface area (Å²) in [6.45, 7) is 2.01. The van der Waals surface area contributed by atoms with E-state index in [1.165, 1.54) is 17.5 Å². The maximum absolute atomic E-state index is 10.8. The van der Waals surface area contributed by atoms with Crippen LogP contribution < -0.4 is 4.90 Å². The zero-order chi connectivity index (χ0) is 12.3. The molecular formula is C11H16N2O3S. The fourth-order valence-corrected chi connectivity index (χ4v) is 2.96. The first-order valence-corrected chi connectivity index (χ1v) is 6.57. The van der Waals surface area contributed by atoms with Crippen molar-refractivity contribution in [3.63, 3.8) is 0 Å². The van der Waals surface area contributed by atoms with Crippen LogP contribution >= 0.6 is 11.3 Å². The third-order valence-electron chi connectivity index (χ3n) is 3.03. The Balaban J connectivity index is 2.02. The Labute approximate surface area is 104 Å². The predicted octanol–water partition coefficient (Wildman–Crippen LogP) is 1.44. The average molecular weight is 256 g/mol. The monoisotopic (exact) mass is 256 g/mol. The van der Waals surface area contributed by atoms with Gasteiger partial charge in [0, 0.05) is 19.7 Å². The number of aromatic carboxylic acids is 1. The van der Waals surface area contributed by atoms with Gasteiger partial charge >= 0.3 is 5.97 Å². The van der Waals surface area contributed by atoms with Crippen molar-refractivity contribution in [1.82, 2.24) is 4.98 Å². The highest BCUT2D eigenvalue weighted by atomic mass is 32.1. The van der Waals surface area contributed by atoms with E-state index in [1.54, 1.807) is 0 Å². The Bertz CT molecular complexity index is 392. The third kappa shape index (κ3) is 2.95. The van der Waals surface area contributed by atoms with Crippen molar-refractivity contribution in [3.05, 3.63) is 11.1 Å². The Morgan fingerprint density at radius 3 is 3.12 bits per heavy atom. The topological polar surface area (TPSA) is 73.7 Å². The van der Waals surface area contributed by atoms with Gasteiger partial charge in [0.25, 0.3) is 0 Å². The predicted molar refractivity (Wildman–Crippen MR) is 65.7 cm³/mol. The van der Waals surface area contributed by atoms with Crippen LogP contribution in [0.2, 0.25) is 0 Å². The fraction of sp³-hybridized carbons (Fsp3) is 0.636. The molecule has 0 bridgehead atoms. The smallest absolute Gasteiger partial charge is 0.347 e. The van der Waals surface area contributed by atoms with E-state index in [4.69, 9.17) is 10.2 Å². The molecule has 1 aliphatic rings. The van der Waals surface area contributed by atoms with Crippen molar-refractivity contribution in [2.45, 2.75) is 19.3 Å². The van der Waals surface area contributed by atoms with E-state index in [0.717, 1.165) is 37.5 Å². The highest BCUT2D eigenvalue weighted by molar-refractivity contribution is 7.17. The number of anilines is 1. The lowest BCUT2D eigenvalue weighted by Gasteiger charge is -2.32. The second-order valence-electron chi connectivity index (χ2n) is 4.28. The van der Waals surface area contributed by atoms with Crippen LogP contribution in [0.4, 0.5) is 5.13 Å². The number of hydrogen-bond acceptors (Lipinski definition) is 5. The highest BCUT2D eigenvalue weighted by Gasteiger charge is 2.22. The number of carbonyl (C=O) groups is 1. The van der Waals surface area contributed by atoms with Gasteiger partial charge in [0.1, 0.15) is 4.88 Å². The van der Waals surface area contributed by atoms with Crippen molar-refractivity contribution >= 4 is 22.4 Å². The zero-order valence-corrected chi connectivity index (χ0v) is 10.3. The molecule has 0 radical (unpaired) electrons. The van der Waals surface area contributed by atoms with Gasteiger partial charge in [-0.05, 0) is 25.2 Å². The summed E-state index contributed by atoms with van der Waals surface area (Å²) >= 11 is 1.22. The van der Waals surface area contributed by atoms with Crippen LogP contribution in [0.3, 0.4) is 0 Å². The van der Waals surface area contributed by atoms with E-state index < -0.39 is 5.97 Å². The van der Waals surface area contributed by atoms with Crippen LogP contribution in [0.25, 0.3) is 0 Å². The van der Waals surface area contributed by atoms with Crippen LogP contribution in [-0.4, -0.2) is 40.9 Å². The number of hydrogen-bond donors (Lipinski definition) is 2. The van der Waals surface area contributed by atoms with Crippen LogP contribution in [0.1, 0.15) is 28.9 Å². The Hall–Kier alpha value is -1.14. The highest BCUT2D eigenvalue weighted by Crippen LogP contribution is 2.28. The van der Waals surface area contributed by atoms with Gasteiger partial charge in [-0.15, -0.1) is 0 Å². The number of carboxylic acids is 1. The second-order valence-corrected chi connectivity index (χ2v) is 5.29. The molecule has 2 N–H and O–H groups in total. The van der Waals surface area contributed by atoms with E-state index in [1.807, 2.05) is 0 Å². The van der Waals surface area contributed by atoms with Crippen LogP contribution in [0.5, 0.6) is 0 Å². The second kappa shape index (κ2) is 5.46. The Kier molecular flexibility index (Phi) is 3.96. The van der Waals surface area contributed by atoms with Gasteiger partial charge in [0.05, 0.1) is 6.20 Å². The number of rotatable bonds is 4. The number of aromatic nitrogens is 1. The van der Waals surface area contributed by atoms with Gasteiger partial charge in [0.15, 0.2) is 5.13 Å². The Morgan fingerprint density at radius 1 is 1.65 bits per heavy atom. The van der Waals surface area contributed by atoms with E-state index in [-0.39, 0.29) is 11.5 Å². The van der Waals surface area contributed by atoms with Crippen molar-refractivity contribution in [2.75, 3.05) is 24.6 Å². The standard InChI is InChI=1S/C11H16N2O3S/c14-5-3-8-2-1-4-13(7-8)11-12-6-9(17-11)10(15)16/h6,8,14H,1-5,7H2,(H,15,16). The average Bonchev–Trinajstić information content (AvgIpc) is 2.79. The summed E-state index contributed by atoms with van der Waals surface area (Å²) in [4.78, 5) is 17.3. The van der Waals surface area contributed by atoms with Crippen molar-refractivity contribution in [3.8, 4) is 0 Å². The van der Waals surface area contributed by atoms with E-state index >= 15 is 0 Å². The molecule has 0 aliphatic carbocycles. The maximum Gasteiger partial charge on any atom is 0.347 e. The van der Waals surface area contributed by atoms with Gasteiger partial charge in [-0.1, -0.05) is 11.3 Å². The number of nitrogens with zero attached hydrogens (tertiary/aromatic N) is 2. The summed E-state index contributed by atoms with van der Waals surface area (Å²) in [5.74, 6) is -0.427. The summed E-state index contributed by atoms with van der Waals surface area (Å²) < 4.78 is 0. The molecule has 1 aliphatic heterocycles. The molecule has 94 valence electrons. The van der Waals surface area contributed by atoms with E-state index in [2.05, 4.69) is 9.88 Å². The van der Waals surface area contributed by atoms with Gasteiger partial charge in [-0.3, -0.25) is 0 Å². The molecule has 1 aromatic rings. The molecule has 1 atom stereocenters. The SMILES string of the molecule is O=C(O)c1cnc(N2CCCC(CCO)C2)s1. The zero-order valence-electron chi connectivity index (χ0n) is 9.50. The number of thiazole rings is 1. The van der Waals surface area contributed by atoms with E-state index in [0.29, 0.717) is 5.92 Å². The molecule has 1 fully saturated rings. The molecule has 5 nitrogen and oxygen atoms in total. The van der Waals surface area contributed by atoms with Crippen LogP contribution in [0.15, 0.2) is 6.20 Å². The van der Waals surface area contributed by atoms with E-state index in [9.17, 15) is 4.79 Å². The molecule has 2 rings (SSSR count). The minimum absolute atomic E-state index is 0.219. The molecule has 17 heavy (non-hydrogen) atoms. The molecule has 1 unspecified atom stereocenters. The number of aliphatic hydroxyl groups is 1. The number of piperidine rings is 1. The largest absolute Gasteiger partial charge is 0.477 e. The summed E-state index contributed by atoms with van der Waals surface area (Å²) in [5.41, 5.74) is 0. The van der Waals surface area contributed by atoms with Gasteiger partial charge in [-0.25, -0.2) is 9.78 Å². The molecule has 6 heteroatoms. The Morgan fingerprint density at radius 2 is 2.47 bits per heavy atom. The first-order valence-electron chi connectivity index (χ1n) is 5.75. The van der Waals surface area contributed by atoms with Crippen molar-refractivity contribution < 1.29 is 15.0 Å². The van der Waals surface area contributed by atoms with Gasteiger partial charge in [-0.2, -0.15) is 0 Å². The fourth-order valence-electron chi connectivity index (χ4n) is 2.17. The first kappa shape index (κ1) is 12.3. The minimum atomic E-state index is -0.919. The molecule has 2 heterocycles. The summed E-state index contributed by atoms with van der Waals surface area (Å²) in [6, 6.07) is 0. The number of aliphatic hydroxyl groups excluding tert-OH is 1. The third-order valence-corrected chi connectivity index (χ3v) is 4.08. The molecule has 0 saturated carbocycles. The first-order chi connectivity index (χ1) is 8.20. The van der Waals surface area contributed by atoms with Crippen LogP contribution in [0, 0.1) is 5.92 Å². The molecule has 0 aromatic carbocycles. The van der Waals surface area contributed by atoms with Gasteiger partial charge in [0.2, 0.25) is 0 Å². The molecule has 0 spiro atoms. The molecular weight excluding hydrogens is 240 g/mol. The molecule has 1 saturated heterocycles. The summed E-state index contributed by atoms with van der Waals surface area (Å²) in [5, 5.41) is 18.6. The lowest BCUT2D eigenvalue weighted by molar-refractivity contribution is 0.0702. The normalized spacial score (nSPS) is 20.5. The van der Waals surface area contributed by atoms with Crippen molar-refractivity contribution in [1.29, 1.82) is 0 Å². The quantitative estimate of drug-likeness (QED) is 0.852. The van der Waals surface area contributed by atoms with Crippen molar-refractivity contribution in [2.24, 2.45) is 5.92 Å². The van der Waals surface area contributed by atoms with Gasteiger partial charge < -0.3 is 15.1 Å². The lowest BCUT2D eigenvalue weighted by Crippen LogP contribution is -2.35. The van der Waals surface area contributed by atoms with Crippen LogP contribution in [-0.2, 0) is 0 Å². The summed E-state index contributed by atoms with van der Waals surface area (Å²) in [6.07, 6.45) is 4.44.